The van der Waals surface area contributed by atoms with Gasteiger partial charge in [0.25, 0.3) is 0 Å². The number of hydrogen-bond acceptors (Lipinski definition) is 3. The van der Waals surface area contributed by atoms with Crippen molar-refractivity contribution >= 4 is 17.5 Å². The molecule has 0 heterocycles. The fraction of sp³-hybridized carbons (Fsp3) is 0.944. The van der Waals surface area contributed by atoms with Crippen molar-refractivity contribution in [1.29, 1.82) is 0 Å². The minimum atomic E-state index is 0.486. The molecule has 1 aliphatic rings. The highest BCUT2D eigenvalue weighted by atomic mass is 32.2. The average molecular weight is 314 g/mol. The van der Waals surface area contributed by atoms with E-state index in [4.69, 9.17) is 0 Å². The Balaban J connectivity index is 2.04. The predicted octanol–water partition coefficient (Wildman–Crippen LogP) is 6.41. The summed E-state index contributed by atoms with van der Waals surface area (Å²) in [6, 6.07) is 0. The lowest BCUT2D eigenvalue weighted by Crippen LogP contribution is -2.19. The zero-order chi connectivity index (χ0) is 15.2. The van der Waals surface area contributed by atoms with Crippen LogP contribution in [-0.4, -0.2) is 21.9 Å². The van der Waals surface area contributed by atoms with Gasteiger partial charge in [-0.2, -0.15) is 11.8 Å². The van der Waals surface area contributed by atoms with Gasteiger partial charge in [0.2, 0.25) is 0 Å². The lowest BCUT2D eigenvalue weighted by Gasteiger charge is -2.20. The lowest BCUT2D eigenvalue weighted by atomic mass is 9.99. The molecule has 0 spiro atoms. The third-order valence-corrected chi connectivity index (χ3v) is 5.90. The quantitative estimate of drug-likeness (QED) is 0.287. The van der Waals surface area contributed by atoms with Crippen LogP contribution in [0.25, 0.3) is 0 Å². The Morgan fingerprint density at radius 1 is 0.952 bits per heavy atom. The highest BCUT2D eigenvalue weighted by molar-refractivity contribution is 8.00. The van der Waals surface area contributed by atoms with Gasteiger partial charge in [0.05, 0.1) is 5.71 Å². The number of nitrogens with zero attached hydrogens (tertiary/aromatic N) is 1. The van der Waals surface area contributed by atoms with Gasteiger partial charge in [-0.1, -0.05) is 76.3 Å². The second kappa shape index (κ2) is 13.5. The first-order valence-electron chi connectivity index (χ1n) is 9.21. The Hall–Kier alpha value is -0.180. The summed E-state index contributed by atoms with van der Waals surface area (Å²) in [6.07, 6.45) is 18.5. The molecule has 3 heteroatoms. The van der Waals surface area contributed by atoms with E-state index in [1.165, 1.54) is 89.2 Å². The maximum atomic E-state index is 9.20. The van der Waals surface area contributed by atoms with E-state index in [0.29, 0.717) is 5.25 Å². The van der Waals surface area contributed by atoms with Crippen molar-refractivity contribution in [1.82, 2.24) is 0 Å². The number of unbranched alkanes of at least 4 members (excludes halogenated alkanes) is 7. The topological polar surface area (TPSA) is 32.6 Å². The van der Waals surface area contributed by atoms with Crippen LogP contribution in [0.4, 0.5) is 0 Å². The molecular formula is C18H35NOS. The molecule has 0 aliphatic heterocycles. The summed E-state index contributed by atoms with van der Waals surface area (Å²) >= 11 is 2.03. The van der Waals surface area contributed by atoms with E-state index in [2.05, 4.69) is 12.1 Å². The molecule has 21 heavy (non-hydrogen) atoms. The third-order valence-electron chi connectivity index (χ3n) is 4.47. The van der Waals surface area contributed by atoms with Gasteiger partial charge in [0, 0.05) is 5.25 Å². The standard InChI is InChI=1S/C18H35NOS/c1-2-3-4-5-6-7-10-13-16-21-18-15-12-9-8-11-14-17(18)19-20/h18,20H,2-16H2,1H3/b19-17-/t18-/m0/s1. The molecule has 1 aliphatic carbocycles. The van der Waals surface area contributed by atoms with Crippen LogP contribution in [0.2, 0.25) is 0 Å². The van der Waals surface area contributed by atoms with Gasteiger partial charge >= 0.3 is 0 Å². The van der Waals surface area contributed by atoms with Gasteiger partial charge in [-0.25, -0.2) is 0 Å². The zero-order valence-electron chi connectivity index (χ0n) is 14.0. The Bertz CT molecular complexity index is 268. The van der Waals surface area contributed by atoms with Gasteiger partial charge in [0.1, 0.15) is 0 Å². The molecule has 0 saturated heterocycles. The second-order valence-electron chi connectivity index (χ2n) is 6.38. The Kier molecular flexibility index (Phi) is 12.1. The molecule has 2 nitrogen and oxygen atoms in total. The summed E-state index contributed by atoms with van der Waals surface area (Å²) in [5.74, 6) is 1.23. The summed E-state index contributed by atoms with van der Waals surface area (Å²) in [7, 11) is 0. The lowest BCUT2D eigenvalue weighted by molar-refractivity contribution is 0.315. The fourth-order valence-corrected chi connectivity index (χ4v) is 4.42. The summed E-state index contributed by atoms with van der Waals surface area (Å²) in [5.41, 5.74) is 1.05. The summed E-state index contributed by atoms with van der Waals surface area (Å²) < 4.78 is 0. The van der Waals surface area contributed by atoms with E-state index in [0.717, 1.165) is 12.1 Å². The van der Waals surface area contributed by atoms with Crippen LogP contribution in [0, 0.1) is 0 Å². The molecule has 0 amide bonds. The van der Waals surface area contributed by atoms with Gasteiger partial charge in [0.15, 0.2) is 0 Å². The van der Waals surface area contributed by atoms with E-state index in [1.807, 2.05) is 11.8 Å². The van der Waals surface area contributed by atoms with Crippen molar-refractivity contribution in [2.24, 2.45) is 5.16 Å². The third kappa shape index (κ3) is 9.44. The first-order valence-corrected chi connectivity index (χ1v) is 10.3. The molecule has 0 aromatic rings. The van der Waals surface area contributed by atoms with Gasteiger partial charge in [-0.05, 0) is 31.4 Å². The van der Waals surface area contributed by atoms with Crippen molar-refractivity contribution in [2.45, 2.75) is 102 Å². The molecular weight excluding hydrogens is 278 g/mol. The number of oxime groups is 1. The first kappa shape index (κ1) is 18.9. The predicted molar refractivity (Wildman–Crippen MR) is 95.8 cm³/mol. The minimum absolute atomic E-state index is 0.486. The Morgan fingerprint density at radius 3 is 2.33 bits per heavy atom. The van der Waals surface area contributed by atoms with Crippen LogP contribution in [0.3, 0.4) is 0 Å². The van der Waals surface area contributed by atoms with Crippen LogP contribution in [0.1, 0.15) is 96.8 Å². The van der Waals surface area contributed by atoms with Crippen LogP contribution >= 0.6 is 11.8 Å². The SMILES string of the molecule is CCCCCCCCCCS[C@H]1CCCCCC/C1=N/O. The van der Waals surface area contributed by atoms with Crippen LogP contribution < -0.4 is 0 Å². The summed E-state index contributed by atoms with van der Waals surface area (Å²) in [4.78, 5) is 0. The van der Waals surface area contributed by atoms with Gasteiger partial charge in [-0.15, -0.1) is 0 Å². The normalized spacial score (nSPS) is 22.1. The molecule has 0 aromatic heterocycles. The maximum absolute atomic E-state index is 9.20. The molecule has 124 valence electrons. The van der Waals surface area contributed by atoms with Crippen molar-refractivity contribution in [3.63, 3.8) is 0 Å². The molecule has 1 fully saturated rings. The van der Waals surface area contributed by atoms with E-state index in [1.54, 1.807) is 0 Å². The molecule has 0 bridgehead atoms. The van der Waals surface area contributed by atoms with E-state index >= 15 is 0 Å². The summed E-state index contributed by atoms with van der Waals surface area (Å²) in [6.45, 7) is 2.27. The van der Waals surface area contributed by atoms with Crippen LogP contribution in [-0.2, 0) is 0 Å². The maximum Gasteiger partial charge on any atom is 0.0700 e. The average Bonchev–Trinajstić information content (AvgIpc) is 2.47. The smallest absolute Gasteiger partial charge is 0.0700 e. The van der Waals surface area contributed by atoms with Crippen molar-refractivity contribution in [2.75, 3.05) is 5.75 Å². The molecule has 1 rings (SSSR count). The van der Waals surface area contributed by atoms with Crippen LogP contribution in [0.5, 0.6) is 0 Å². The molecule has 1 N–H and O–H groups in total. The molecule has 1 atom stereocenters. The molecule has 0 unspecified atom stereocenters. The molecule has 1 saturated carbocycles. The van der Waals surface area contributed by atoms with Crippen molar-refractivity contribution in [3.05, 3.63) is 0 Å². The van der Waals surface area contributed by atoms with Crippen molar-refractivity contribution < 1.29 is 5.21 Å². The minimum Gasteiger partial charge on any atom is -0.411 e. The fourth-order valence-electron chi connectivity index (χ4n) is 3.07. The number of rotatable bonds is 10. The molecule has 0 aromatic carbocycles. The van der Waals surface area contributed by atoms with Gasteiger partial charge < -0.3 is 5.21 Å². The van der Waals surface area contributed by atoms with E-state index < -0.39 is 0 Å². The van der Waals surface area contributed by atoms with E-state index in [-0.39, 0.29) is 0 Å². The van der Waals surface area contributed by atoms with Crippen LogP contribution in [0.15, 0.2) is 5.16 Å². The largest absolute Gasteiger partial charge is 0.411 e. The highest BCUT2D eigenvalue weighted by Crippen LogP contribution is 2.26. The Morgan fingerprint density at radius 2 is 1.62 bits per heavy atom. The molecule has 0 radical (unpaired) electrons. The number of thioether (sulfide) groups is 1. The monoisotopic (exact) mass is 313 g/mol. The zero-order valence-corrected chi connectivity index (χ0v) is 14.8. The van der Waals surface area contributed by atoms with Gasteiger partial charge in [-0.3, -0.25) is 0 Å². The highest BCUT2D eigenvalue weighted by Gasteiger charge is 2.18. The number of hydrogen-bond donors (Lipinski definition) is 1. The second-order valence-corrected chi connectivity index (χ2v) is 7.69. The van der Waals surface area contributed by atoms with Crippen molar-refractivity contribution in [3.8, 4) is 0 Å². The first-order chi connectivity index (χ1) is 10.4. The summed E-state index contributed by atoms with van der Waals surface area (Å²) in [5, 5.41) is 13.3. The van der Waals surface area contributed by atoms with E-state index in [9.17, 15) is 5.21 Å². The Labute approximate surface area is 136 Å².